The number of nitrogens with one attached hydrogen (secondary N) is 1. The van der Waals surface area contributed by atoms with Crippen molar-refractivity contribution >= 4 is 29.9 Å². The van der Waals surface area contributed by atoms with Crippen molar-refractivity contribution in [2.45, 2.75) is 38.8 Å². The molecule has 7 nitrogen and oxygen atoms in total. The van der Waals surface area contributed by atoms with Gasteiger partial charge < -0.3 is 24.4 Å². The summed E-state index contributed by atoms with van der Waals surface area (Å²) in [5.74, 6) is 2.60. The molecule has 1 unspecified atom stereocenters. The van der Waals surface area contributed by atoms with Crippen molar-refractivity contribution < 1.29 is 14.2 Å². The van der Waals surface area contributed by atoms with E-state index in [1.54, 1.807) is 21.3 Å². The zero-order valence-corrected chi connectivity index (χ0v) is 21.1. The van der Waals surface area contributed by atoms with Crippen LogP contribution in [0.1, 0.15) is 30.9 Å². The fourth-order valence-electron chi connectivity index (χ4n) is 4.29. The second-order valence-corrected chi connectivity index (χ2v) is 7.67. The molecule has 1 N–H and O–H groups in total. The average molecular weight is 532 g/mol. The molecule has 1 atom stereocenters. The molecule has 0 saturated carbocycles. The molecule has 0 amide bonds. The number of rotatable bonds is 8. The van der Waals surface area contributed by atoms with Crippen molar-refractivity contribution in [2.75, 3.05) is 60.7 Å². The molecule has 1 aromatic rings. The van der Waals surface area contributed by atoms with Crippen LogP contribution in [-0.2, 0) is 17.7 Å². The van der Waals surface area contributed by atoms with Crippen LogP contribution in [0, 0.1) is 0 Å². The molecular weight excluding hydrogens is 495 g/mol. The first-order valence-electron chi connectivity index (χ1n) is 10.7. The zero-order valence-electron chi connectivity index (χ0n) is 18.8. The first kappa shape index (κ1) is 25.0. The topological polar surface area (TPSA) is 58.6 Å². The highest BCUT2D eigenvalue weighted by Gasteiger charge is 2.25. The van der Waals surface area contributed by atoms with E-state index < -0.39 is 0 Å². The summed E-state index contributed by atoms with van der Waals surface area (Å²) in [6, 6.07) is 4.73. The number of aliphatic imine (C=N–C) groups is 1. The first-order chi connectivity index (χ1) is 14.2. The summed E-state index contributed by atoms with van der Waals surface area (Å²) in [6.45, 7) is 8.54. The Balaban J connectivity index is 0.00000320. The second kappa shape index (κ2) is 12.6. The lowest BCUT2D eigenvalue weighted by molar-refractivity contribution is 0.142. The number of benzene rings is 1. The van der Waals surface area contributed by atoms with Crippen molar-refractivity contribution in [3.05, 3.63) is 23.3 Å². The quantitative estimate of drug-likeness (QED) is 0.316. The van der Waals surface area contributed by atoms with Crippen LogP contribution in [0.15, 0.2) is 17.1 Å². The number of hydrogen-bond donors (Lipinski definition) is 1. The highest BCUT2D eigenvalue weighted by atomic mass is 127. The molecule has 1 aromatic carbocycles. The Bertz CT molecular complexity index is 701. The number of methoxy groups -OCH3 is 3. The summed E-state index contributed by atoms with van der Waals surface area (Å²) in [4.78, 5) is 9.89. The summed E-state index contributed by atoms with van der Waals surface area (Å²) in [6.07, 6.45) is 3.44. The number of halogens is 1. The Hall–Kier alpha value is -1.26. The minimum absolute atomic E-state index is 0. The summed E-state index contributed by atoms with van der Waals surface area (Å²) >= 11 is 0. The van der Waals surface area contributed by atoms with Crippen LogP contribution in [0.25, 0.3) is 0 Å². The Labute approximate surface area is 198 Å². The van der Waals surface area contributed by atoms with Gasteiger partial charge in [0.2, 0.25) is 0 Å². The number of hydrogen-bond acceptors (Lipinski definition) is 5. The summed E-state index contributed by atoms with van der Waals surface area (Å²) in [7, 11) is 5.15. The maximum atomic E-state index is 5.50. The van der Waals surface area contributed by atoms with Crippen LogP contribution in [0.2, 0.25) is 0 Å². The van der Waals surface area contributed by atoms with Crippen molar-refractivity contribution in [2.24, 2.45) is 4.99 Å². The molecule has 0 aromatic heterocycles. The molecular formula is C22H37IN4O3. The van der Waals surface area contributed by atoms with Gasteiger partial charge in [0.15, 0.2) is 17.5 Å². The van der Waals surface area contributed by atoms with Gasteiger partial charge in [-0.2, -0.15) is 0 Å². The van der Waals surface area contributed by atoms with Crippen LogP contribution >= 0.6 is 24.0 Å². The van der Waals surface area contributed by atoms with Crippen LogP contribution < -0.4 is 14.8 Å². The maximum absolute atomic E-state index is 5.50. The van der Waals surface area contributed by atoms with Gasteiger partial charge in [-0.25, -0.2) is 0 Å². The molecule has 8 heteroatoms. The number of nitrogens with zero attached hydrogens (tertiary/aromatic N) is 3. The van der Waals surface area contributed by atoms with Gasteiger partial charge in [-0.05, 0) is 56.0 Å². The van der Waals surface area contributed by atoms with Gasteiger partial charge in [-0.15, -0.1) is 24.0 Å². The van der Waals surface area contributed by atoms with E-state index in [9.17, 15) is 0 Å². The van der Waals surface area contributed by atoms with Crippen LogP contribution in [0.3, 0.4) is 0 Å². The van der Waals surface area contributed by atoms with E-state index >= 15 is 0 Å². The third-order valence-electron chi connectivity index (χ3n) is 5.89. The van der Waals surface area contributed by atoms with E-state index in [2.05, 4.69) is 34.2 Å². The summed E-state index contributed by atoms with van der Waals surface area (Å²) in [5, 5.41) is 3.49. The Morgan fingerprint density at radius 1 is 1.13 bits per heavy atom. The molecule has 0 spiro atoms. The smallest absolute Gasteiger partial charge is 0.194 e. The molecule has 3 rings (SSSR count). The van der Waals surface area contributed by atoms with Crippen molar-refractivity contribution in [3.8, 4) is 11.5 Å². The van der Waals surface area contributed by atoms with Crippen molar-refractivity contribution in [1.29, 1.82) is 0 Å². The fourth-order valence-corrected chi connectivity index (χ4v) is 4.29. The van der Waals surface area contributed by atoms with E-state index in [0.29, 0.717) is 6.04 Å². The SMILES string of the molecule is CCNC(=NCC1CCCN1CCOC)N1CCc2cc(OC)c(OC)cc2C1.I. The minimum Gasteiger partial charge on any atom is -0.493 e. The normalized spacial score (nSPS) is 19.3. The fraction of sp³-hybridized carbons (Fsp3) is 0.682. The number of guanidine groups is 1. The third kappa shape index (κ3) is 6.13. The third-order valence-corrected chi connectivity index (χ3v) is 5.89. The van der Waals surface area contributed by atoms with E-state index in [4.69, 9.17) is 19.2 Å². The average Bonchev–Trinajstić information content (AvgIpc) is 3.20. The lowest BCUT2D eigenvalue weighted by Crippen LogP contribution is -2.45. The van der Waals surface area contributed by atoms with Crippen LogP contribution in [-0.4, -0.2) is 82.5 Å². The Morgan fingerprint density at radius 2 is 1.87 bits per heavy atom. The largest absolute Gasteiger partial charge is 0.493 e. The molecule has 2 aliphatic heterocycles. The second-order valence-electron chi connectivity index (χ2n) is 7.67. The van der Waals surface area contributed by atoms with Crippen LogP contribution in [0.5, 0.6) is 11.5 Å². The molecule has 0 radical (unpaired) electrons. The van der Waals surface area contributed by atoms with Gasteiger partial charge in [-0.3, -0.25) is 9.89 Å². The highest BCUT2D eigenvalue weighted by Crippen LogP contribution is 2.33. The number of fused-ring (bicyclic) bond motifs is 1. The standard InChI is InChI=1S/C22H36N4O3.HI/c1-5-23-22(24-15-19-7-6-9-25(19)11-12-27-2)26-10-8-17-13-20(28-3)21(29-4)14-18(17)16-26;/h13-14,19H,5-12,15-16H2,1-4H3,(H,23,24);1H. The summed E-state index contributed by atoms with van der Waals surface area (Å²) < 4.78 is 16.2. The first-order valence-corrected chi connectivity index (χ1v) is 10.7. The van der Waals surface area contributed by atoms with E-state index in [1.807, 2.05) is 0 Å². The van der Waals surface area contributed by atoms with Gasteiger partial charge in [-0.1, -0.05) is 0 Å². The molecule has 2 aliphatic rings. The maximum Gasteiger partial charge on any atom is 0.194 e. The molecule has 0 bridgehead atoms. The monoisotopic (exact) mass is 532 g/mol. The van der Waals surface area contributed by atoms with Gasteiger partial charge in [0.1, 0.15) is 0 Å². The Kier molecular flexibility index (Phi) is 10.5. The number of likely N-dealkylation sites (tertiary alicyclic amines) is 1. The van der Waals surface area contributed by atoms with Crippen LogP contribution in [0.4, 0.5) is 0 Å². The van der Waals surface area contributed by atoms with Crippen molar-refractivity contribution in [3.63, 3.8) is 0 Å². The molecule has 2 heterocycles. The molecule has 1 fully saturated rings. The van der Waals surface area contributed by atoms with E-state index in [-0.39, 0.29) is 24.0 Å². The summed E-state index contributed by atoms with van der Waals surface area (Å²) in [5.41, 5.74) is 2.61. The van der Waals surface area contributed by atoms with E-state index in [0.717, 1.165) is 69.8 Å². The Morgan fingerprint density at radius 3 is 2.53 bits per heavy atom. The number of ether oxygens (including phenoxy) is 3. The van der Waals surface area contributed by atoms with Gasteiger partial charge in [0, 0.05) is 39.3 Å². The predicted octanol–water partition coefficient (Wildman–Crippen LogP) is 2.76. The molecule has 0 aliphatic carbocycles. The lowest BCUT2D eigenvalue weighted by atomic mass is 9.99. The lowest BCUT2D eigenvalue weighted by Gasteiger charge is -2.32. The zero-order chi connectivity index (χ0) is 20.6. The van der Waals surface area contributed by atoms with Gasteiger partial charge in [0.05, 0.1) is 27.4 Å². The minimum atomic E-state index is 0. The van der Waals surface area contributed by atoms with E-state index in [1.165, 1.54) is 24.0 Å². The molecule has 1 saturated heterocycles. The molecule has 30 heavy (non-hydrogen) atoms. The molecule has 170 valence electrons. The van der Waals surface area contributed by atoms with Crippen molar-refractivity contribution in [1.82, 2.24) is 15.1 Å². The highest BCUT2D eigenvalue weighted by molar-refractivity contribution is 14.0. The predicted molar refractivity (Wildman–Crippen MR) is 132 cm³/mol. The van der Waals surface area contributed by atoms with Gasteiger partial charge >= 0.3 is 0 Å². The van der Waals surface area contributed by atoms with Gasteiger partial charge in [0.25, 0.3) is 0 Å².